The van der Waals surface area contributed by atoms with Crippen LogP contribution in [0.1, 0.15) is 0 Å². The molecule has 0 aliphatic carbocycles. The standard InChI is InChI=1S/C6H4I2O2S/c7-5-1-3-6(4-2-5)11(8,9)10/h1-4H. The van der Waals surface area contributed by atoms with Crippen LogP contribution in [0.4, 0.5) is 0 Å². The normalized spacial score (nSPS) is 11.5. The zero-order chi connectivity index (χ0) is 8.48. The first-order valence-corrected chi connectivity index (χ1v) is 7.81. The average molecular weight is 394 g/mol. The van der Waals surface area contributed by atoms with Crippen LogP contribution in [0, 0.1) is 3.57 Å². The summed E-state index contributed by atoms with van der Waals surface area (Å²) >= 11 is 3.55. The van der Waals surface area contributed by atoms with Crippen molar-refractivity contribution in [3.05, 3.63) is 27.8 Å². The fourth-order valence-corrected chi connectivity index (χ4v) is 2.30. The van der Waals surface area contributed by atoms with Crippen LogP contribution in [0.25, 0.3) is 0 Å². The molecule has 0 atom stereocenters. The number of hydrogen-bond donors (Lipinski definition) is 0. The van der Waals surface area contributed by atoms with E-state index in [0.717, 1.165) is 3.57 Å². The van der Waals surface area contributed by atoms with Crippen LogP contribution < -0.4 is 0 Å². The number of benzene rings is 1. The van der Waals surface area contributed by atoms with Gasteiger partial charge in [0.05, 0.1) is 26.1 Å². The Hall–Kier alpha value is 0.630. The Labute approximate surface area is 91.0 Å². The molecule has 1 rings (SSSR count). The summed E-state index contributed by atoms with van der Waals surface area (Å²) in [7, 11) is -3.05. The summed E-state index contributed by atoms with van der Waals surface area (Å²) in [5.41, 5.74) is 0. The smallest absolute Gasteiger partial charge is 0.213 e. The lowest BCUT2D eigenvalue weighted by Crippen LogP contribution is -1.88. The maximum atomic E-state index is 10.9. The Balaban J connectivity index is 3.20. The van der Waals surface area contributed by atoms with Gasteiger partial charge in [0.1, 0.15) is 0 Å². The second-order valence-electron chi connectivity index (χ2n) is 1.89. The van der Waals surface area contributed by atoms with Crippen molar-refractivity contribution in [3.8, 4) is 0 Å². The van der Waals surface area contributed by atoms with Crippen LogP contribution >= 0.6 is 43.8 Å². The van der Waals surface area contributed by atoms with Gasteiger partial charge in [-0.05, 0) is 46.9 Å². The summed E-state index contributed by atoms with van der Waals surface area (Å²) in [6, 6.07) is 6.74. The highest BCUT2D eigenvalue weighted by Crippen LogP contribution is 2.17. The molecule has 1 aromatic rings. The van der Waals surface area contributed by atoms with Gasteiger partial charge < -0.3 is 0 Å². The minimum Gasteiger partial charge on any atom is -0.213 e. The Kier molecular flexibility index (Phi) is 3.15. The zero-order valence-corrected chi connectivity index (χ0v) is 10.4. The van der Waals surface area contributed by atoms with Crippen molar-refractivity contribution in [1.29, 1.82) is 0 Å². The predicted molar refractivity (Wildman–Crippen MR) is 60.4 cm³/mol. The summed E-state index contributed by atoms with van der Waals surface area (Å²) in [5, 5.41) is 0. The van der Waals surface area contributed by atoms with Gasteiger partial charge in [-0.2, -0.15) is 0 Å². The van der Waals surface area contributed by atoms with Gasteiger partial charge in [-0.3, -0.25) is 0 Å². The molecule has 0 radical (unpaired) electrons. The predicted octanol–water partition coefficient (Wildman–Crippen LogP) is 2.41. The minimum absolute atomic E-state index is 0.360. The number of rotatable bonds is 1. The lowest BCUT2D eigenvalue weighted by atomic mass is 10.4. The molecule has 0 amide bonds. The Morgan fingerprint density at radius 2 is 1.55 bits per heavy atom. The van der Waals surface area contributed by atoms with Gasteiger partial charge >= 0.3 is 0 Å². The molecule has 0 saturated carbocycles. The third-order valence-electron chi connectivity index (χ3n) is 1.10. The van der Waals surface area contributed by atoms with Crippen molar-refractivity contribution in [1.82, 2.24) is 0 Å². The summed E-state index contributed by atoms with van der Waals surface area (Å²) in [4.78, 5) is 0.360. The highest BCUT2D eigenvalue weighted by Gasteiger charge is 2.06. The molecule has 60 valence electrons. The highest BCUT2D eigenvalue weighted by atomic mass is 127. The van der Waals surface area contributed by atoms with Crippen LogP contribution in [-0.2, 0) is 7.01 Å². The zero-order valence-electron chi connectivity index (χ0n) is 5.29. The van der Waals surface area contributed by atoms with Gasteiger partial charge in [-0.15, -0.1) is 0 Å². The molecule has 0 bridgehead atoms. The maximum absolute atomic E-state index is 10.9. The van der Waals surface area contributed by atoms with Gasteiger partial charge in [0, 0.05) is 3.57 Å². The first-order chi connectivity index (χ1) is 5.00. The van der Waals surface area contributed by atoms with Gasteiger partial charge in [0.25, 0.3) is 0 Å². The van der Waals surface area contributed by atoms with Crippen molar-refractivity contribution in [3.63, 3.8) is 0 Å². The van der Waals surface area contributed by atoms with Gasteiger partial charge in [-0.1, -0.05) is 0 Å². The Morgan fingerprint density at radius 1 is 1.09 bits per heavy atom. The third kappa shape index (κ3) is 2.86. The molecular formula is C6H4I2O2S. The van der Waals surface area contributed by atoms with E-state index in [9.17, 15) is 8.42 Å². The molecule has 0 N–H and O–H groups in total. The van der Waals surface area contributed by atoms with E-state index in [1.165, 1.54) is 21.2 Å². The molecule has 11 heavy (non-hydrogen) atoms. The Bertz CT molecular complexity index is 341. The first kappa shape index (κ1) is 9.72. The molecule has 0 spiro atoms. The quantitative estimate of drug-likeness (QED) is 0.542. The molecule has 0 unspecified atom stereocenters. The van der Waals surface area contributed by atoms with E-state index in [1.54, 1.807) is 24.3 Å². The van der Waals surface area contributed by atoms with Crippen LogP contribution in [0.5, 0.6) is 0 Å². The van der Waals surface area contributed by atoms with Crippen molar-refractivity contribution in [2.45, 2.75) is 4.90 Å². The van der Waals surface area contributed by atoms with E-state index in [-0.39, 0.29) is 0 Å². The molecule has 5 heteroatoms. The van der Waals surface area contributed by atoms with Crippen molar-refractivity contribution in [2.24, 2.45) is 0 Å². The maximum Gasteiger partial charge on any atom is 0.231 e. The lowest BCUT2D eigenvalue weighted by Gasteiger charge is -1.94. The highest BCUT2D eigenvalue weighted by molar-refractivity contribution is 14.2. The van der Waals surface area contributed by atoms with Crippen LogP contribution in [0.2, 0.25) is 0 Å². The van der Waals surface area contributed by atoms with Crippen LogP contribution in [-0.4, -0.2) is 8.42 Å². The summed E-state index contributed by atoms with van der Waals surface area (Å²) in [6.45, 7) is 0. The number of hydrogen-bond acceptors (Lipinski definition) is 2. The van der Waals surface area contributed by atoms with Crippen LogP contribution in [0.3, 0.4) is 0 Å². The fraction of sp³-hybridized carbons (Fsp3) is 0. The van der Waals surface area contributed by atoms with E-state index < -0.39 is 7.01 Å². The third-order valence-corrected chi connectivity index (χ3v) is 4.18. The largest absolute Gasteiger partial charge is 0.231 e. The molecule has 1 aromatic carbocycles. The van der Waals surface area contributed by atoms with E-state index in [1.807, 2.05) is 0 Å². The van der Waals surface area contributed by atoms with Crippen LogP contribution in [0.15, 0.2) is 29.2 Å². The molecule has 0 aliphatic heterocycles. The number of halogens is 2. The second-order valence-corrected chi connectivity index (χ2v) is 7.96. The molecule has 0 heterocycles. The molecule has 0 saturated heterocycles. The summed E-state index contributed by atoms with van der Waals surface area (Å²) in [5.74, 6) is 0. The van der Waals surface area contributed by atoms with Gasteiger partial charge in [0.15, 0.2) is 0 Å². The molecule has 2 nitrogen and oxygen atoms in total. The SMILES string of the molecule is O=S(=O)(I)c1ccc(I)cc1. The van der Waals surface area contributed by atoms with Crippen molar-refractivity contribution >= 4 is 50.8 Å². The molecule has 0 aliphatic rings. The minimum atomic E-state index is -3.05. The monoisotopic (exact) mass is 394 g/mol. The lowest BCUT2D eigenvalue weighted by molar-refractivity contribution is 0.612. The van der Waals surface area contributed by atoms with E-state index in [0.29, 0.717) is 4.90 Å². The van der Waals surface area contributed by atoms with Gasteiger partial charge in [0.2, 0.25) is 7.01 Å². The molecular weight excluding hydrogens is 390 g/mol. The summed E-state index contributed by atoms with van der Waals surface area (Å²) in [6.07, 6.45) is 0. The average Bonchev–Trinajstić information content (AvgIpc) is 1.86. The topological polar surface area (TPSA) is 34.1 Å². The van der Waals surface area contributed by atoms with Gasteiger partial charge in [-0.25, -0.2) is 8.42 Å². The van der Waals surface area contributed by atoms with E-state index in [4.69, 9.17) is 0 Å². The van der Waals surface area contributed by atoms with E-state index >= 15 is 0 Å². The summed E-state index contributed by atoms with van der Waals surface area (Å²) < 4.78 is 22.9. The Morgan fingerprint density at radius 3 is 1.91 bits per heavy atom. The van der Waals surface area contributed by atoms with Crippen molar-refractivity contribution in [2.75, 3.05) is 0 Å². The molecule has 0 aromatic heterocycles. The second kappa shape index (κ2) is 3.56. The molecule has 0 fully saturated rings. The van der Waals surface area contributed by atoms with E-state index in [2.05, 4.69) is 22.6 Å². The first-order valence-electron chi connectivity index (χ1n) is 2.70. The van der Waals surface area contributed by atoms with Crippen molar-refractivity contribution < 1.29 is 8.42 Å². The fourth-order valence-electron chi connectivity index (χ4n) is 0.597.